The first-order valence-corrected chi connectivity index (χ1v) is 5.03. The lowest BCUT2D eigenvalue weighted by molar-refractivity contribution is -0.125. The van der Waals surface area contributed by atoms with Gasteiger partial charge in [-0.1, -0.05) is 41.5 Å². The maximum absolute atomic E-state index is 11.9. The molecular weight excluding hydrogens is 176 g/mol. The third-order valence-electron chi connectivity index (χ3n) is 2.48. The van der Waals surface area contributed by atoms with Gasteiger partial charge in [0.2, 0.25) is 0 Å². The fraction of sp³-hybridized carbons (Fsp3) is 0.909. The van der Waals surface area contributed by atoms with Crippen LogP contribution >= 0.6 is 0 Å². The Labute approximate surface area is 87.2 Å². The van der Waals surface area contributed by atoms with Crippen molar-refractivity contribution in [3.63, 3.8) is 0 Å². The topological polar surface area (TPSA) is 69.1 Å². The van der Waals surface area contributed by atoms with Crippen molar-refractivity contribution in [1.82, 2.24) is 0 Å². The van der Waals surface area contributed by atoms with Crippen LogP contribution in [0.4, 0.5) is 0 Å². The lowest BCUT2D eigenvalue weighted by atomic mass is 9.76. The molecule has 84 valence electrons. The largest absolute Gasteiger partial charge is 0.321 e. The summed E-state index contributed by atoms with van der Waals surface area (Å²) in [5, 5.41) is 0. The van der Waals surface area contributed by atoms with E-state index < -0.39 is 12.1 Å². The van der Waals surface area contributed by atoms with Crippen LogP contribution in [0, 0.1) is 10.8 Å². The molecule has 2 unspecified atom stereocenters. The number of hydrogen-bond donors (Lipinski definition) is 2. The van der Waals surface area contributed by atoms with Gasteiger partial charge < -0.3 is 11.5 Å². The van der Waals surface area contributed by atoms with Crippen molar-refractivity contribution >= 4 is 5.78 Å². The molecule has 0 spiro atoms. The van der Waals surface area contributed by atoms with Crippen LogP contribution in [0.2, 0.25) is 0 Å². The lowest BCUT2D eigenvalue weighted by Crippen LogP contribution is -2.54. The summed E-state index contributed by atoms with van der Waals surface area (Å²) in [6.07, 6.45) is 0. The van der Waals surface area contributed by atoms with E-state index in [0.29, 0.717) is 0 Å². The van der Waals surface area contributed by atoms with Crippen LogP contribution in [0.3, 0.4) is 0 Å². The Bertz CT molecular complexity index is 188. The van der Waals surface area contributed by atoms with E-state index in [1.54, 1.807) is 0 Å². The lowest BCUT2D eigenvalue weighted by Gasteiger charge is -2.33. The highest BCUT2D eigenvalue weighted by atomic mass is 16.1. The third-order valence-corrected chi connectivity index (χ3v) is 2.48. The molecule has 0 aromatic heterocycles. The van der Waals surface area contributed by atoms with E-state index in [1.807, 2.05) is 41.5 Å². The van der Waals surface area contributed by atoms with Gasteiger partial charge in [0.15, 0.2) is 5.78 Å². The van der Waals surface area contributed by atoms with Crippen LogP contribution in [-0.4, -0.2) is 17.9 Å². The van der Waals surface area contributed by atoms with Crippen molar-refractivity contribution in [2.45, 2.75) is 53.6 Å². The average Bonchev–Trinajstić information content (AvgIpc) is 1.97. The predicted molar refractivity (Wildman–Crippen MR) is 59.9 cm³/mol. The highest BCUT2D eigenvalue weighted by Gasteiger charge is 2.35. The molecule has 2 atom stereocenters. The molecule has 0 aliphatic rings. The van der Waals surface area contributed by atoms with Gasteiger partial charge in [0.25, 0.3) is 0 Å². The number of ketones is 1. The van der Waals surface area contributed by atoms with Crippen molar-refractivity contribution in [2.24, 2.45) is 22.3 Å². The molecule has 0 bridgehead atoms. The average molecular weight is 200 g/mol. The zero-order valence-electron chi connectivity index (χ0n) is 10.2. The maximum Gasteiger partial charge on any atom is 0.167 e. The summed E-state index contributed by atoms with van der Waals surface area (Å²) in [5.74, 6) is -0.0509. The van der Waals surface area contributed by atoms with Gasteiger partial charge in [-0.25, -0.2) is 0 Å². The highest BCUT2D eigenvalue weighted by molar-refractivity contribution is 5.90. The summed E-state index contributed by atoms with van der Waals surface area (Å²) in [6, 6.07) is -0.978. The maximum atomic E-state index is 11.9. The van der Waals surface area contributed by atoms with Crippen LogP contribution in [0.15, 0.2) is 0 Å². The van der Waals surface area contributed by atoms with Gasteiger partial charge in [0.05, 0.1) is 12.1 Å². The van der Waals surface area contributed by atoms with Gasteiger partial charge in [-0.15, -0.1) is 0 Å². The quantitative estimate of drug-likeness (QED) is 0.706. The number of hydrogen-bond acceptors (Lipinski definition) is 3. The Kier molecular flexibility index (Phi) is 3.87. The second-order valence-electron chi connectivity index (χ2n) is 6.09. The van der Waals surface area contributed by atoms with Crippen molar-refractivity contribution in [1.29, 1.82) is 0 Å². The Hall–Kier alpha value is -0.410. The molecule has 0 fully saturated rings. The molecule has 0 rings (SSSR count). The first-order valence-electron chi connectivity index (χ1n) is 5.03. The summed E-state index contributed by atoms with van der Waals surface area (Å²) in [4.78, 5) is 11.9. The normalized spacial score (nSPS) is 17.7. The first kappa shape index (κ1) is 13.6. The second kappa shape index (κ2) is 3.99. The number of Topliss-reactive ketones (excluding diaryl/α,β-unsaturated/α-hetero) is 1. The minimum Gasteiger partial charge on any atom is -0.321 e. The summed E-state index contributed by atoms with van der Waals surface area (Å²) >= 11 is 0. The van der Waals surface area contributed by atoms with Crippen molar-refractivity contribution in [2.75, 3.05) is 0 Å². The standard InChI is InChI=1S/C11H24N2O/c1-10(2,3)8(12)7(14)9(13)11(4,5)6/h8-9H,12-13H2,1-6H3. The minimum absolute atomic E-state index is 0.0509. The van der Waals surface area contributed by atoms with Gasteiger partial charge in [0.1, 0.15) is 0 Å². The Morgan fingerprint density at radius 1 is 0.857 bits per heavy atom. The molecule has 3 heteroatoms. The van der Waals surface area contributed by atoms with Crippen LogP contribution in [-0.2, 0) is 4.79 Å². The van der Waals surface area contributed by atoms with E-state index in [9.17, 15) is 4.79 Å². The van der Waals surface area contributed by atoms with E-state index in [2.05, 4.69) is 0 Å². The zero-order chi connectivity index (χ0) is 11.7. The molecule has 0 saturated carbocycles. The molecule has 3 nitrogen and oxygen atoms in total. The molecule has 0 saturated heterocycles. The smallest absolute Gasteiger partial charge is 0.167 e. The zero-order valence-corrected chi connectivity index (χ0v) is 10.2. The number of rotatable bonds is 2. The SMILES string of the molecule is CC(C)(C)C(N)C(=O)C(N)C(C)(C)C. The van der Waals surface area contributed by atoms with Crippen molar-refractivity contribution < 1.29 is 4.79 Å². The fourth-order valence-electron chi connectivity index (χ4n) is 1.05. The van der Waals surface area contributed by atoms with E-state index in [-0.39, 0.29) is 16.6 Å². The summed E-state index contributed by atoms with van der Waals surface area (Å²) < 4.78 is 0. The molecule has 0 aliphatic carbocycles. The molecule has 4 N–H and O–H groups in total. The molecule has 0 aromatic carbocycles. The summed E-state index contributed by atoms with van der Waals surface area (Å²) in [6.45, 7) is 11.7. The van der Waals surface area contributed by atoms with Gasteiger partial charge in [-0.2, -0.15) is 0 Å². The Balaban J connectivity index is 4.65. The minimum atomic E-state index is -0.489. The molecule has 0 aliphatic heterocycles. The fourth-order valence-corrected chi connectivity index (χ4v) is 1.05. The van der Waals surface area contributed by atoms with Crippen LogP contribution in [0.1, 0.15) is 41.5 Å². The highest BCUT2D eigenvalue weighted by Crippen LogP contribution is 2.24. The van der Waals surface area contributed by atoms with Crippen LogP contribution in [0.25, 0.3) is 0 Å². The van der Waals surface area contributed by atoms with Gasteiger partial charge in [0, 0.05) is 0 Å². The molecule has 14 heavy (non-hydrogen) atoms. The number of nitrogens with two attached hydrogens (primary N) is 2. The Morgan fingerprint density at radius 2 is 1.07 bits per heavy atom. The van der Waals surface area contributed by atoms with Gasteiger partial charge >= 0.3 is 0 Å². The third kappa shape index (κ3) is 3.39. The van der Waals surface area contributed by atoms with Crippen LogP contribution in [0.5, 0.6) is 0 Å². The van der Waals surface area contributed by atoms with Crippen molar-refractivity contribution in [3.8, 4) is 0 Å². The molecule has 0 amide bonds. The van der Waals surface area contributed by atoms with E-state index in [1.165, 1.54) is 0 Å². The number of carbonyl (C=O) groups is 1. The molecular formula is C11H24N2O. The molecule has 0 radical (unpaired) electrons. The monoisotopic (exact) mass is 200 g/mol. The van der Waals surface area contributed by atoms with Crippen molar-refractivity contribution in [3.05, 3.63) is 0 Å². The second-order valence-corrected chi connectivity index (χ2v) is 6.09. The van der Waals surface area contributed by atoms with Gasteiger partial charge in [-0.3, -0.25) is 4.79 Å². The van der Waals surface area contributed by atoms with E-state index >= 15 is 0 Å². The van der Waals surface area contributed by atoms with E-state index in [4.69, 9.17) is 11.5 Å². The summed E-state index contributed by atoms with van der Waals surface area (Å²) in [7, 11) is 0. The van der Waals surface area contributed by atoms with Gasteiger partial charge in [-0.05, 0) is 10.8 Å². The first-order chi connectivity index (χ1) is 5.98. The molecule has 0 heterocycles. The summed E-state index contributed by atoms with van der Waals surface area (Å²) in [5.41, 5.74) is 11.3. The predicted octanol–water partition coefficient (Wildman–Crippen LogP) is 1.30. The molecule has 0 aromatic rings. The van der Waals surface area contributed by atoms with Crippen LogP contribution < -0.4 is 11.5 Å². The Morgan fingerprint density at radius 3 is 1.21 bits per heavy atom. The van der Waals surface area contributed by atoms with E-state index in [0.717, 1.165) is 0 Å². The number of carbonyl (C=O) groups excluding carboxylic acids is 1.